The number of fused-ring (bicyclic) bond motifs is 1. The molecule has 3 heterocycles. The van der Waals surface area contributed by atoms with Gasteiger partial charge in [0.1, 0.15) is 5.69 Å². The maximum Gasteiger partial charge on any atom is 0.277 e. The van der Waals surface area contributed by atoms with Crippen LogP contribution in [0, 0.1) is 12.7 Å². The number of benzene rings is 2. The Hall–Kier alpha value is -4.73. The Labute approximate surface area is 217 Å². The third kappa shape index (κ3) is 4.34. The second-order valence-corrected chi connectivity index (χ2v) is 9.32. The topological polar surface area (TPSA) is 112 Å². The maximum absolute atomic E-state index is 14.8. The molecule has 1 aliphatic rings. The fourth-order valence-electron chi connectivity index (χ4n) is 4.56. The van der Waals surface area contributed by atoms with Crippen molar-refractivity contribution >= 4 is 17.5 Å². The van der Waals surface area contributed by atoms with Crippen molar-refractivity contribution in [2.75, 3.05) is 11.4 Å². The molecule has 0 atom stereocenters. The van der Waals surface area contributed by atoms with Crippen LogP contribution in [-0.4, -0.2) is 38.8 Å². The van der Waals surface area contributed by atoms with E-state index in [0.717, 1.165) is 0 Å². The van der Waals surface area contributed by atoms with Gasteiger partial charge in [0.15, 0.2) is 17.3 Å². The summed E-state index contributed by atoms with van der Waals surface area (Å²) in [6.07, 6.45) is 1.79. The molecule has 0 unspecified atom stereocenters. The Balaban J connectivity index is 1.53. The quantitative estimate of drug-likeness (QED) is 0.422. The van der Waals surface area contributed by atoms with Crippen LogP contribution in [0.2, 0.25) is 0 Å². The number of nitrogens with zero attached hydrogens (tertiary/aromatic N) is 4. The Kier molecular flexibility index (Phi) is 6.31. The highest BCUT2D eigenvalue weighted by molar-refractivity contribution is 6.09. The van der Waals surface area contributed by atoms with Gasteiger partial charge in [-0.1, -0.05) is 6.07 Å². The summed E-state index contributed by atoms with van der Waals surface area (Å²) in [6, 6.07) is 14.8. The minimum atomic E-state index is -0.769. The van der Waals surface area contributed by atoms with Gasteiger partial charge in [0, 0.05) is 41.3 Å². The Bertz CT molecular complexity index is 1620. The third-order valence-electron chi connectivity index (χ3n) is 6.35. The molecule has 0 saturated heterocycles. The molecule has 2 aromatic heterocycles. The number of carbonyl (C=O) groups excluding carboxylic acids is 2. The number of halogens is 1. The van der Waals surface area contributed by atoms with E-state index in [-0.39, 0.29) is 41.0 Å². The monoisotopic (exact) mass is 515 g/mol. The van der Waals surface area contributed by atoms with Gasteiger partial charge in [-0.3, -0.25) is 19.0 Å². The van der Waals surface area contributed by atoms with Crippen molar-refractivity contribution in [3.63, 3.8) is 0 Å². The Morgan fingerprint density at radius 3 is 2.39 bits per heavy atom. The van der Waals surface area contributed by atoms with Crippen LogP contribution in [0.1, 0.15) is 46.0 Å². The molecule has 2 N–H and O–H groups in total. The molecule has 0 spiro atoms. The largest absolute Gasteiger partial charge is 0.488 e. The van der Waals surface area contributed by atoms with Crippen molar-refractivity contribution in [1.29, 1.82) is 0 Å². The van der Waals surface area contributed by atoms with E-state index in [0.29, 0.717) is 28.9 Å². The predicted octanol–water partition coefficient (Wildman–Crippen LogP) is 3.56. The normalized spacial score (nSPS) is 13.1. The first-order chi connectivity index (χ1) is 18.2. The van der Waals surface area contributed by atoms with E-state index < -0.39 is 17.6 Å². The summed E-state index contributed by atoms with van der Waals surface area (Å²) < 4.78 is 23.0. The zero-order valence-corrected chi connectivity index (χ0v) is 21.1. The number of carbonyl (C=O) groups is 2. The van der Waals surface area contributed by atoms with Gasteiger partial charge >= 0.3 is 0 Å². The maximum atomic E-state index is 14.8. The lowest BCUT2D eigenvalue weighted by atomic mass is 10.0. The molecule has 1 aliphatic heterocycles. The van der Waals surface area contributed by atoms with Gasteiger partial charge in [-0.25, -0.2) is 9.07 Å². The molecule has 4 aromatic rings. The molecule has 0 radical (unpaired) electrons. The summed E-state index contributed by atoms with van der Waals surface area (Å²) in [6.45, 7) is 5.61. The molecule has 9 nitrogen and oxygen atoms in total. The van der Waals surface area contributed by atoms with E-state index in [1.165, 1.54) is 21.4 Å². The van der Waals surface area contributed by atoms with Crippen LogP contribution in [0.15, 0.2) is 65.6 Å². The van der Waals surface area contributed by atoms with Gasteiger partial charge in [-0.2, -0.15) is 5.10 Å². The Morgan fingerprint density at radius 1 is 1.05 bits per heavy atom. The highest BCUT2D eigenvalue weighted by Gasteiger charge is 2.34. The number of aryl methyl sites for hydroxylation is 1. The standard InChI is InChI=1S/C28H26FN5O4/c1-16(2)38-23-11-10-20(15-22(23)29)34-25-21(24(31-34)26(30)35)12-14-33(28(25)37)19-8-6-18(7-9-19)32-13-4-5-17(3)27(32)36/h4-11,13,15-16H,12,14H2,1-3H3,(H2,30,35). The Morgan fingerprint density at radius 2 is 1.74 bits per heavy atom. The first-order valence-electron chi connectivity index (χ1n) is 12.1. The van der Waals surface area contributed by atoms with Gasteiger partial charge in [-0.15, -0.1) is 0 Å². The van der Waals surface area contributed by atoms with Gasteiger partial charge in [-0.05, 0) is 69.7 Å². The molecule has 0 saturated carbocycles. The second kappa shape index (κ2) is 9.62. The molecular weight excluding hydrogens is 489 g/mol. The number of hydrogen-bond acceptors (Lipinski definition) is 5. The summed E-state index contributed by atoms with van der Waals surface area (Å²) in [7, 11) is 0. The lowest BCUT2D eigenvalue weighted by molar-refractivity contribution is 0.0972. The fraction of sp³-hybridized carbons (Fsp3) is 0.214. The van der Waals surface area contributed by atoms with Crippen molar-refractivity contribution in [2.45, 2.75) is 33.3 Å². The van der Waals surface area contributed by atoms with E-state index in [1.807, 2.05) is 0 Å². The molecule has 10 heteroatoms. The van der Waals surface area contributed by atoms with Crippen molar-refractivity contribution < 1.29 is 18.7 Å². The number of rotatable bonds is 6. The minimum Gasteiger partial charge on any atom is -0.488 e. The average molecular weight is 516 g/mol. The average Bonchev–Trinajstić information content (AvgIpc) is 3.28. The summed E-state index contributed by atoms with van der Waals surface area (Å²) in [5.74, 6) is -1.73. The van der Waals surface area contributed by atoms with E-state index in [9.17, 15) is 18.8 Å². The second-order valence-electron chi connectivity index (χ2n) is 9.32. The lowest BCUT2D eigenvalue weighted by Gasteiger charge is -2.28. The summed E-state index contributed by atoms with van der Waals surface area (Å²) in [5.41, 5.74) is 8.11. The number of aromatic nitrogens is 3. The van der Waals surface area contributed by atoms with Crippen LogP contribution in [-0.2, 0) is 6.42 Å². The van der Waals surface area contributed by atoms with E-state index in [2.05, 4.69) is 5.10 Å². The van der Waals surface area contributed by atoms with E-state index in [4.69, 9.17) is 10.5 Å². The SMILES string of the molecule is Cc1cccn(-c2ccc(N3CCc4c(C(N)=O)nn(-c5ccc(OC(C)C)c(F)c5)c4C3=O)cc2)c1=O. The summed E-state index contributed by atoms with van der Waals surface area (Å²) in [4.78, 5) is 39.9. The first-order valence-corrected chi connectivity index (χ1v) is 12.1. The van der Waals surface area contributed by atoms with Gasteiger partial charge < -0.3 is 15.4 Å². The molecule has 38 heavy (non-hydrogen) atoms. The minimum absolute atomic E-state index is 0.0231. The summed E-state index contributed by atoms with van der Waals surface area (Å²) in [5, 5.41) is 4.29. The molecule has 0 fully saturated rings. The smallest absolute Gasteiger partial charge is 0.277 e. The third-order valence-corrected chi connectivity index (χ3v) is 6.35. The van der Waals surface area contributed by atoms with Crippen LogP contribution < -0.4 is 20.9 Å². The van der Waals surface area contributed by atoms with Crippen LogP contribution in [0.4, 0.5) is 10.1 Å². The molecular formula is C28H26FN5O4. The molecule has 2 amide bonds. The van der Waals surface area contributed by atoms with Crippen molar-refractivity contribution in [3.8, 4) is 17.1 Å². The number of pyridine rings is 1. The fourth-order valence-corrected chi connectivity index (χ4v) is 4.56. The van der Waals surface area contributed by atoms with Crippen molar-refractivity contribution in [3.05, 3.63) is 99.5 Å². The van der Waals surface area contributed by atoms with Crippen LogP contribution in [0.5, 0.6) is 5.75 Å². The number of primary amides is 1. The highest BCUT2D eigenvalue weighted by Crippen LogP contribution is 2.30. The highest BCUT2D eigenvalue weighted by atomic mass is 19.1. The number of amides is 2. The predicted molar refractivity (Wildman–Crippen MR) is 140 cm³/mol. The number of nitrogens with two attached hydrogens (primary N) is 1. The number of ether oxygens (including phenoxy) is 1. The van der Waals surface area contributed by atoms with Crippen LogP contribution in [0.25, 0.3) is 11.4 Å². The zero-order chi connectivity index (χ0) is 27.1. The van der Waals surface area contributed by atoms with Crippen molar-refractivity contribution in [1.82, 2.24) is 14.3 Å². The van der Waals surface area contributed by atoms with Crippen LogP contribution >= 0.6 is 0 Å². The molecule has 194 valence electrons. The molecule has 0 aliphatic carbocycles. The van der Waals surface area contributed by atoms with Crippen LogP contribution in [0.3, 0.4) is 0 Å². The van der Waals surface area contributed by atoms with Gasteiger partial charge in [0.2, 0.25) is 0 Å². The van der Waals surface area contributed by atoms with Gasteiger partial charge in [0.25, 0.3) is 17.4 Å². The molecule has 5 rings (SSSR count). The summed E-state index contributed by atoms with van der Waals surface area (Å²) >= 11 is 0. The number of anilines is 1. The van der Waals surface area contributed by atoms with E-state index >= 15 is 0 Å². The van der Waals surface area contributed by atoms with Gasteiger partial charge in [0.05, 0.1) is 11.8 Å². The molecule has 0 bridgehead atoms. The van der Waals surface area contributed by atoms with E-state index in [1.54, 1.807) is 74.3 Å². The molecule has 2 aromatic carbocycles. The lowest BCUT2D eigenvalue weighted by Crippen LogP contribution is -2.39. The first kappa shape index (κ1) is 24.9. The number of hydrogen-bond donors (Lipinski definition) is 1. The van der Waals surface area contributed by atoms with Crippen molar-refractivity contribution in [2.24, 2.45) is 5.73 Å². The zero-order valence-electron chi connectivity index (χ0n) is 21.1.